The van der Waals surface area contributed by atoms with Gasteiger partial charge in [0.2, 0.25) is 0 Å². The normalized spacial score (nSPS) is 13.7. The van der Waals surface area contributed by atoms with E-state index in [-0.39, 0.29) is 41.3 Å². The summed E-state index contributed by atoms with van der Waals surface area (Å²) in [7, 11) is 3.42. The van der Waals surface area contributed by atoms with Crippen molar-refractivity contribution in [3.8, 4) is 11.1 Å². The van der Waals surface area contributed by atoms with Crippen molar-refractivity contribution in [2.75, 3.05) is 26.4 Å². The molecule has 2 atom stereocenters. The highest BCUT2D eigenvalue weighted by Crippen LogP contribution is 2.37. The van der Waals surface area contributed by atoms with Crippen LogP contribution in [-0.2, 0) is 17.4 Å². The molecule has 1 aromatic heterocycles. The van der Waals surface area contributed by atoms with Gasteiger partial charge in [-0.25, -0.2) is 4.39 Å². The van der Waals surface area contributed by atoms with E-state index < -0.39 is 57.9 Å². The fourth-order valence-corrected chi connectivity index (χ4v) is 7.75. The standard InChI is InChI=1S/C34H43F4N3O4S/c1-19(2)18-46(41-17-24(9-10-40(7)8)27(15-29(41)42)34(36,37)38)33(45)39-28(16-30(43)44)26-14-25(13-23(6)32(26)35)31-21(4)11-20(3)12-22(31)5/h11-15,17,19,28,46H,9-10,16,18H2,1-8H3,(H,39,45)(H,43,44)/t28-/m0/s1. The van der Waals surface area contributed by atoms with Crippen molar-refractivity contribution in [3.63, 3.8) is 0 Å². The molecule has 0 saturated heterocycles. The Balaban J connectivity index is 2.15. The molecule has 2 aromatic carbocycles. The second-order valence-electron chi connectivity index (χ2n) is 12.5. The highest BCUT2D eigenvalue weighted by Gasteiger charge is 2.35. The van der Waals surface area contributed by atoms with Gasteiger partial charge in [-0.3, -0.25) is 18.4 Å². The summed E-state index contributed by atoms with van der Waals surface area (Å²) in [5.74, 6) is -1.99. The minimum atomic E-state index is -4.77. The van der Waals surface area contributed by atoms with Gasteiger partial charge in [0.25, 0.3) is 10.8 Å². The summed E-state index contributed by atoms with van der Waals surface area (Å²) in [5, 5.41) is 11.7. The number of carbonyl (C=O) groups is 2. The molecule has 0 aliphatic heterocycles. The van der Waals surface area contributed by atoms with E-state index in [9.17, 15) is 32.7 Å². The monoisotopic (exact) mass is 665 g/mol. The molecule has 1 amide bonds. The van der Waals surface area contributed by atoms with Crippen LogP contribution in [0.4, 0.5) is 22.4 Å². The summed E-state index contributed by atoms with van der Waals surface area (Å²) in [6.45, 7) is 11.3. The lowest BCUT2D eigenvalue weighted by atomic mass is 9.89. The van der Waals surface area contributed by atoms with Gasteiger partial charge < -0.3 is 15.3 Å². The molecule has 3 aromatic rings. The molecule has 0 aliphatic rings. The van der Waals surface area contributed by atoms with Crippen molar-refractivity contribution in [1.29, 1.82) is 0 Å². The van der Waals surface area contributed by atoms with Crippen molar-refractivity contribution < 1.29 is 32.3 Å². The summed E-state index contributed by atoms with van der Waals surface area (Å²) in [6, 6.07) is 6.39. The predicted molar refractivity (Wildman–Crippen MR) is 176 cm³/mol. The molecular weight excluding hydrogens is 622 g/mol. The van der Waals surface area contributed by atoms with Gasteiger partial charge in [0, 0.05) is 30.1 Å². The maximum absolute atomic E-state index is 15.8. The number of thiol groups is 1. The number of aryl methyl sites for hydroxylation is 4. The van der Waals surface area contributed by atoms with Crippen LogP contribution in [0.3, 0.4) is 0 Å². The van der Waals surface area contributed by atoms with Gasteiger partial charge in [0.15, 0.2) is 0 Å². The van der Waals surface area contributed by atoms with Crippen LogP contribution in [0.1, 0.15) is 65.3 Å². The summed E-state index contributed by atoms with van der Waals surface area (Å²) in [5.41, 5.74) is 2.49. The quantitative estimate of drug-likeness (QED) is 0.147. The molecule has 0 spiro atoms. The molecule has 0 bridgehead atoms. The lowest BCUT2D eigenvalue weighted by Gasteiger charge is -2.29. The van der Waals surface area contributed by atoms with Crippen LogP contribution in [0.5, 0.6) is 0 Å². The van der Waals surface area contributed by atoms with Crippen LogP contribution in [0.25, 0.3) is 11.1 Å². The van der Waals surface area contributed by atoms with E-state index in [0.717, 1.165) is 32.4 Å². The van der Waals surface area contributed by atoms with Gasteiger partial charge in [0.1, 0.15) is 5.82 Å². The number of likely N-dealkylation sites (N-methyl/N-ethyl adjacent to an activating group) is 1. The van der Waals surface area contributed by atoms with Gasteiger partial charge in [-0.15, -0.1) is 0 Å². The predicted octanol–water partition coefficient (Wildman–Crippen LogP) is 7.36. The molecule has 0 aliphatic carbocycles. The number of pyridine rings is 1. The van der Waals surface area contributed by atoms with Crippen molar-refractivity contribution in [3.05, 3.63) is 91.6 Å². The van der Waals surface area contributed by atoms with E-state index in [1.165, 1.54) is 6.07 Å². The van der Waals surface area contributed by atoms with Crippen LogP contribution >= 0.6 is 11.1 Å². The van der Waals surface area contributed by atoms with Crippen molar-refractivity contribution in [2.24, 2.45) is 5.92 Å². The number of aliphatic carboxylic acids is 1. The first-order valence-corrected chi connectivity index (χ1v) is 16.4. The number of carboxylic acid groups (broad SMARTS) is 1. The number of benzene rings is 2. The van der Waals surface area contributed by atoms with E-state index in [2.05, 4.69) is 5.32 Å². The van der Waals surface area contributed by atoms with Crippen LogP contribution in [0.15, 0.2) is 41.3 Å². The van der Waals surface area contributed by atoms with E-state index in [4.69, 9.17) is 0 Å². The minimum Gasteiger partial charge on any atom is -0.481 e. The summed E-state index contributed by atoms with van der Waals surface area (Å²) in [4.78, 5) is 40.8. The van der Waals surface area contributed by atoms with Crippen LogP contribution < -0.4 is 10.9 Å². The van der Waals surface area contributed by atoms with Gasteiger partial charge >= 0.3 is 12.1 Å². The van der Waals surface area contributed by atoms with Crippen LogP contribution in [0, 0.1) is 39.4 Å². The highest BCUT2D eigenvalue weighted by molar-refractivity contribution is 8.28. The number of carbonyl (C=O) groups excluding carboxylic acids is 1. The molecular formula is C34H43F4N3O4S. The molecule has 46 heavy (non-hydrogen) atoms. The topological polar surface area (TPSA) is 91.6 Å². The molecule has 1 heterocycles. The lowest BCUT2D eigenvalue weighted by molar-refractivity contribution is -0.139. The summed E-state index contributed by atoms with van der Waals surface area (Å²) in [6.07, 6.45) is -4.35. The molecule has 3 rings (SSSR count). The summed E-state index contributed by atoms with van der Waals surface area (Å²) < 4.78 is 58.5. The molecule has 1 unspecified atom stereocenters. The zero-order chi connectivity index (χ0) is 34.7. The smallest absolute Gasteiger partial charge is 0.416 e. The average Bonchev–Trinajstić information content (AvgIpc) is 2.90. The Morgan fingerprint density at radius 1 is 1.00 bits per heavy atom. The van der Waals surface area contributed by atoms with Crippen molar-refractivity contribution in [1.82, 2.24) is 14.2 Å². The Bertz CT molecular complexity index is 1640. The van der Waals surface area contributed by atoms with Crippen molar-refractivity contribution >= 4 is 22.3 Å². The Hall–Kier alpha value is -3.64. The fraction of sp³-hybridized carbons (Fsp3) is 0.441. The molecule has 7 nitrogen and oxygen atoms in total. The highest BCUT2D eigenvalue weighted by atomic mass is 32.2. The fourth-order valence-electron chi connectivity index (χ4n) is 5.64. The third-order valence-corrected chi connectivity index (χ3v) is 10.1. The third-order valence-electron chi connectivity index (χ3n) is 7.58. The van der Waals surface area contributed by atoms with E-state index in [1.54, 1.807) is 45.8 Å². The van der Waals surface area contributed by atoms with E-state index in [1.807, 2.05) is 32.9 Å². The SMILES string of the molecule is Cc1cc(C)c(-c2cc(C)c(F)c([C@H](CC(=O)O)NC(=O)[SH](CC(C)C)n3cc(CCN(C)C)c(C(F)(F)F)cc3=O)c2)c(C)c1. The molecule has 252 valence electrons. The molecule has 12 heteroatoms. The third kappa shape index (κ3) is 9.00. The number of alkyl halides is 3. The number of aromatic nitrogens is 1. The van der Waals surface area contributed by atoms with Crippen LogP contribution in [-0.4, -0.2) is 51.6 Å². The first-order chi connectivity index (χ1) is 21.3. The van der Waals surface area contributed by atoms with Crippen LogP contribution in [0.2, 0.25) is 0 Å². The number of nitrogens with one attached hydrogen (secondary N) is 1. The Morgan fingerprint density at radius 3 is 2.13 bits per heavy atom. The largest absolute Gasteiger partial charge is 0.481 e. The second kappa shape index (κ2) is 14.8. The number of halogens is 4. The maximum atomic E-state index is 15.8. The number of amides is 1. The Kier molecular flexibility index (Phi) is 11.9. The number of rotatable bonds is 11. The molecule has 0 fully saturated rings. The van der Waals surface area contributed by atoms with Gasteiger partial charge in [-0.2, -0.15) is 13.2 Å². The number of carboxylic acids is 1. The number of hydrogen-bond acceptors (Lipinski definition) is 4. The first kappa shape index (κ1) is 36.8. The minimum absolute atomic E-state index is 0.0225. The lowest BCUT2D eigenvalue weighted by Crippen LogP contribution is -2.35. The van der Waals surface area contributed by atoms with E-state index >= 15 is 4.39 Å². The molecule has 2 N–H and O–H groups in total. The second-order valence-corrected chi connectivity index (χ2v) is 14.5. The first-order valence-electron chi connectivity index (χ1n) is 15.0. The Labute approximate surface area is 270 Å². The van der Waals surface area contributed by atoms with Gasteiger partial charge in [-0.1, -0.05) is 42.6 Å². The zero-order valence-electron chi connectivity index (χ0n) is 27.5. The summed E-state index contributed by atoms with van der Waals surface area (Å²) >= 11 is -2.14. The number of nitrogens with zero attached hydrogens (tertiary/aromatic N) is 2. The molecule has 0 saturated carbocycles. The maximum Gasteiger partial charge on any atom is 0.416 e. The van der Waals surface area contributed by atoms with Gasteiger partial charge in [0.05, 0.1) is 18.0 Å². The molecule has 0 radical (unpaired) electrons. The van der Waals surface area contributed by atoms with Crippen molar-refractivity contribution in [2.45, 2.75) is 66.6 Å². The Morgan fingerprint density at radius 2 is 1.61 bits per heavy atom. The number of hydrogen-bond donors (Lipinski definition) is 3. The average molecular weight is 666 g/mol. The van der Waals surface area contributed by atoms with Gasteiger partial charge in [-0.05, 0) is 99.6 Å². The zero-order valence-corrected chi connectivity index (χ0v) is 28.4. The van der Waals surface area contributed by atoms with E-state index in [0.29, 0.717) is 11.6 Å².